The summed E-state index contributed by atoms with van der Waals surface area (Å²) in [6.45, 7) is 2.43. The molecule has 1 aromatic carbocycles. The van der Waals surface area contributed by atoms with Crippen molar-refractivity contribution in [3.05, 3.63) is 34.7 Å². The highest BCUT2D eigenvalue weighted by Crippen LogP contribution is 2.24. The van der Waals surface area contributed by atoms with E-state index < -0.39 is 0 Å². The molecule has 0 spiro atoms. The number of aromatic nitrogens is 1. The summed E-state index contributed by atoms with van der Waals surface area (Å²) < 4.78 is 0. The number of nitrogens with one attached hydrogen (secondary N) is 2. The van der Waals surface area contributed by atoms with Gasteiger partial charge < -0.3 is 10.6 Å². The summed E-state index contributed by atoms with van der Waals surface area (Å²) in [4.78, 5) is 15.7. The fourth-order valence-electron chi connectivity index (χ4n) is 1.75. The molecule has 1 amide bonds. The van der Waals surface area contributed by atoms with Crippen molar-refractivity contribution in [2.45, 2.75) is 13.3 Å². The molecule has 0 radical (unpaired) electrons. The van der Waals surface area contributed by atoms with E-state index in [1.807, 2.05) is 31.3 Å². The quantitative estimate of drug-likeness (QED) is 0.881. The minimum absolute atomic E-state index is 0.0647. The Balaban J connectivity index is 2.16. The van der Waals surface area contributed by atoms with Gasteiger partial charge in [-0.3, -0.25) is 4.79 Å². The molecule has 100 valence electrons. The summed E-state index contributed by atoms with van der Waals surface area (Å²) in [6, 6.07) is 7.74. The lowest BCUT2D eigenvalue weighted by Gasteiger charge is -2.03. The first-order valence-corrected chi connectivity index (χ1v) is 7.04. The van der Waals surface area contributed by atoms with Crippen molar-refractivity contribution in [3.63, 3.8) is 0 Å². The zero-order valence-corrected chi connectivity index (χ0v) is 11.9. The van der Waals surface area contributed by atoms with Crippen LogP contribution in [-0.4, -0.2) is 24.5 Å². The summed E-state index contributed by atoms with van der Waals surface area (Å²) in [6.07, 6.45) is 0.937. The minimum Gasteiger partial charge on any atom is -0.326 e. The summed E-state index contributed by atoms with van der Waals surface area (Å²) >= 11 is 1.67. The van der Waals surface area contributed by atoms with E-state index in [0.29, 0.717) is 0 Å². The molecule has 2 rings (SSSR count). The molecular weight excluding hydrogens is 258 g/mol. The van der Waals surface area contributed by atoms with Crippen molar-refractivity contribution in [2.75, 3.05) is 18.9 Å². The number of carbonyl (C=O) groups excluding carboxylic acids is 1. The lowest BCUT2D eigenvalue weighted by atomic mass is 10.1. The predicted octanol–water partition coefficient (Wildman–Crippen LogP) is 2.53. The van der Waals surface area contributed by atoms with Crippen molar-refractivity contribution in [2.24, 2.45) is 0 Å². The molecule has 5 heteroatoms. The highest BCUT2D eigenvalue weighted by Gasteiger charge is 2.05. The molecule has 0 aliphatic carbocycles. The van der Waals surface area contributed by atoms with Crippen LogP contribution in [0.1, 0.15) is 11.9 Å². The molecule has 2 aromatic rings. The largest absolute Gasteiger partial charge is 0.326 e. The standard InChI is InChI=1S/C14H17N3OS/c1-10(18)16-12-5-3-4-11(8-12)13-9-19-14(17-13)6-7-15-2/h3-5,8-9,15H,6-7H2,1-2H3,(H,16,18). The molecule has 4 nitrogen and oxygen atoms in total. The third-order valence-electron chi connectivity index (χ3n) is 2.62. The van der Waals surface area contributed by atoms with E-state index in [4.69, 9.17) is 0 Å². The van der Waals surface area contributed by atoms with Crippen LogP contribution >= 0.6 is 11.3 Å². The smallest absolute Gasteiger partial charge is 0.221 e. The molecular formula is C14H17N3OS. The molecule has 0 saturated carbocycles. The van der Waals surface area contributed by atoms with Gasteiger partial charge in [-0.25, -0.2) is 4.98 Å². The molecule has 0 fully saturated rings. The molecule has 0 bridgehead atoms. The lowest BCUT2D eigenvalue weighted by molar-refractivity contribution is -0.114. The molecule has 0 aliphatic heterocycles. The SMILES string of the molecule is CNCCc1nc(-c2cccc(NC(C)=O)c2)cs1. The van der Waals surface area contributed by atoms with Crippen LogP contribution in [0.25, 0.3) is 11.3 Å². The Morgan fingerprint density at radius 2 is 2.26 bits per heavy atom. The summed E-state index contributed by atoms with van der Waals surface area (Å²) in [5, 5.41) is 9.07. The highest BCUT2D eigenvalue weighted by molar-refractivity contribution is 7.09. The van der Waals surface area contributed by atoms with Crippen LogP contribution in [0.2, 0.25) is 0 Å². The van der Waals surface area contributed by atoms with Gasteiger partial charge >= 0.3 is 0 Å². The van der Waals surface area contributed by atoms with Crippen molar-refractivity contribution < 1.29 is 4.79 Å². The number of carbonyl (C=O) groups is 1. The van der Waals surface area contributed by atoms with E-state index in [0.717, 1.165) is 34.9 Å². The summed E-state index contributed by atoms with van der Waals surface area (Å²) in [7, 11) is 1.94. The normalized spacial score (nSPS) is 10.4. The Kier molecular flexibility index (Phi) is 4.65. The molecule has 1 aromatic heterocycles. The monoisotopic (exact) mass is 275 g/mol. The van der Waals surface area contributed by atoms with Gasteiger partial charge in [0.1, 0.15) is 0 Å². The maximum absolute atomic E-state index is 11.1. The Labute approximate surface area is 116 Å². The zero-order valence-electron chi connectivity index (χ0n) is 11.1. The van der Waals surface area contributed by atoms with Crippen LogP contribution in [0, 0.1) is 0 Å². The van der Waals surface area contributed by atoms with Crippen LogP contribution in [-0.2, 0) is 11.2 Å². The Morgan fingerprint density at radius 3 is 3.00 bits per heavy atom. The number of nitrogens with zero attached hydrogens (tertiary/aromatic N) is 1. The Morgan fingerprint density at radius 1 is 1.42 bits per heavy atom. The Hall–Kier alpha value is -1.72. The second kappa shape index (κ2) is 6.45. The van der Waals surface area contributed by atoms with Gasteiger partial charge in [0.25, 0.3) is 0 Å². The number of rotatable bonds is 5. The molecule has 1 heterocycles. The van der Waals surface area contributed by atoms with E-state index in [1.165, 1.54) is 6.92 Å². The van der Waals surface area contributed by atoms with Crippen LogP contribution < -0.4 is 10.6 Å². The second-order valence-corrected chi connectivity index (χ2v) is 5.18. The van der Waals surface area contributed by atoms with E-state index in [2.05, 4.69) is 21.0 Å². The number of hydrogen-bond acceptors (Lipinski definition) is 4. The molecule has 0 aliphatic rings. The lowest BCUT2D eigenvalue weighted by Crippen LogP contribution is -2.09. The van der Waals surface area contributed by atoms with Crippen molar-refractivity contribution >= 4 is 22.9 Å². The van der Waals surface area contributed by atoms with Gasteiger partial charge in [0.05, 0.1) is 10.7 Å². The Bertz CT molecular complexity index is 565. The van der Waals surface area contributed by atoms with Crippen LogP contribution in [0.5, 0.6) is 0 Å². The van der Waals surface area contributed by atoms with Crippen molar-refractivity contribution in [3.8, 4) is 11.3 Å². The summed E-state index contributed by atoms with van der Waals surface area (Å²) in [5.41, 5.74) is 2.79. The molecule has 2 N–H and O–H groups in total. The number of amides is 1. The van der Waals surface area contributed by atoms with E-state index in [9.17, 15) is 4.79 Å². The summed E-state index contributed by atoms with van der Waals surface area (Å²) in [5.74, 6) is -0.0647. The van der Waals surface area contributed by atoms with Crippen molar-refractivity contribution in [1.29, 1.82) is 0 Å². The third-order valence-corrected chi connectivity index (χ3v) is 3.53. The number of thiazole rings is 1. The maximum atomic E-state index is 11.1. The van der Waals surface area contributed by atoms with E-state index in [-0.39, 0.29) is 5.91 Å². The number of benzene rings is 1. The fraction of sp³-hybridized carbons (Fsp3) is 0.286. The average molecular weight is 275 g/mol. The van der Waals surface area contributed by atoms with Crippen molar-refractivity contribution in [1.82, 2.24) is 10.3 Å². The first-order valence-electron chi connectivity index (χ1n) is 6.16. The van der Waals surface area contributed by atoms with Crippen LogP contribution in [0.4, 0.5) is 5.69 Å². The fourth-order valence-corrected chi connectivity index (χ4v) is 2.56. The molecule has 0 atom stereocenters. The van der Waals surface area contributed by atoms with Gasteiger partial charge in [0.15, 0.2) is 0 Å². The molecule has 0 saturated heterocycles. The topological polar surface area (TPSA) is 54.0 Å². The first kappa shape index (κ1) is 13.7. The predicted molar refractivity (Wildman–Crippen MR) is 79.5 cm³/mol. The van der Waals surface area contributed by atoms with Gasteiger partial charge in [-0.05, 0) is 19.2 Å². The van der Waals surface area contributed by atoms with E-state index in [1.54, 1.807) is 11.3 Å². The molecule has 19 heavy (non-hydrogen) atoms. The van der Waals surface area contributed by atoms with Crippen LogP contribution in [0.15, 0.2) is 29.6 Å². The van der Waals surface area contributed by atoms with Gasteiger partial charge in [0, 0.05) is 36.5 Å². The van der Waals surface area contributed by atoms with Gasteiger partial charge in [-0.2, -0.15) is 0 Å². The van der Waals surface area contributed by atoms with Crippen LogP contribution in [0.3, 0.4) is 0 Å². The van der Waals surface area contributed by atoms with Gasteiger partial charge in [-0.1, -0.05) is 12.1 Å². The maximum Gasteiger partial charge on any atom is 0.221 e. The van der Waals surface area contributed by atoms with E-state index >= 15 is 0 Å². The minimum atomic E-state index is -0.0647. The zero-order chi connectivity index (χ0) is 13.7. The number of likely N-dealkylation sites (N-methyl/N-ethyl adjacent to an activating group) is 1. The number of hydrogen-bond donors (Lipinski definition) is 2. The van der Waals surface area contributed by atoms with Gasteiger partial charge in [-0.15, -0.1) is 11.3 Å². The first-order chi connectivity index (χ1) is 9.19. The number of anilines is 1. The van der Waals surface area contributed by atoms with Gasteiger partial charge in [0.2, 0.25) is 5.91 Å². The highest BCUT2D eigenvalue weighted by atomic mass is 32.1. The second-order valence-electron chi connectivity index (χ2n) is 4.24. The third kappa shape index (κ3) is 3.87. The molecule has 0 unspecified atom stereocenters. The average Bonchev–Trinajstić information content (AvgIpc) is 2.84.